The Kier molecular flexibility index (Phi) is 5.05. The molecule has 122 valence electrons. The fraction of sp³-hybridized carbons (Fsp3) is 0.667. The first kappa shape index (κ1) is 16.3. The number of hydrogen-bond donors (Lipinski definition) is 1. The number of nitrogens with one attached hydrogen (secondary N) is 1. The third kappa shape index (κ3) is 4.75. The van der Waals surface area contributed by atoms with Crippen molar-refractivity contribution >= 4 is 11.9 Å². The molecule has 1 atom stereocenters. The second-order valence-corrected chi connectivity index (χ2v) is 6.21. The fourth-order valence-corrected chi connectivity index (χ4v) is 2.14. The zero-order valence-electron chi connectivity index (χ0n) is 13.6. The SMILES string of the molecule is CCNc1ccnc(OC2CCN(C(=O)OC(C)(C)C)C2)n1. The average molecular weight is 308 g/mol. The molecule has 7 nitrogen and oxygen atoms in total. The van der Waals surface area contributed by atoms with Crippen LogP contribution in [0.1, 0.15) is 34.1 Å². The third-order valence-electron chi connectivity index (χ3n) is 3.06. The van der Waals surface area contributed by atoms with Gasteiger partial charge in [-0.2, -0.15) is 4.98 Å². The summed E-state index contributed by atoms with van der Waals surface area (Å²) in [5.74, 6) is 0.731. The van der Waals surface area contributed by atoms with Crippen LogP contribution in [0.25, 0.3) is 0 Å². The van der Waals surface area contributed by atoms with Crippen LogP contribution in [0.5, 0.6) is 6.01 Å². The number of nitrogens with zero attached hydrogens (tertiary/aromatic N) is 3. The van der Waals surface area contributed by atoms with Crippen LogP contribution in [-0.2, 0) is 4.74 Å². The van der Waals surface area contributed by atoms with Crippen molar-refractivity contribution in [1.29, 1.82) is 0 Å². The summed E-state index contributed by atoms with van der Waals surface area (Å²) < 4.78 is 11.1. The molecule has 1 saturated heterocycles. The first-order chi connectivity index (χ1) is 10.4. The molecule has 7 heteroatoms. The van der Waals surface area contributed by atoms with E-state index in [1.165, 1.54) is 0 Å². The van der Waals surface area contributed by atoms with E-state index in [-0.39, 0.29) is 12.2 Å². The first-order valence-corrected chi connectivity index (χ1v) is 7.59. The quantitative estimate of drug-likeness (QED) is 0.919. The maximum atomic E-state index is 12.0. The van der Waals surface area contributed by atoms with E-state index in [2.05, 4.69) is 15.3 Å². The van der Waals surface area contributed by atoms with E-state index >= 15 is 0 Å². The van der Waals surface area contributed by atoms with Crippen LogP contribution in [0.15, 0.2) is 12.3 Å². The van der Waals surface area contributed by atoms with Gasteiger partial charge in [0.15, 0.2) is 0 Å². The molecule has 0 spiro atoms. The van der Waals surface area contributed by atoms with Gasteiger partial charge in [-0.05, 0) is 33.8 Å². The van der Waals surface area contributed by atoms with E-state index in [4.69, 9.17) is 9.47 Å². The molecular formula is C15H24N4O3. The first-order valence-electron chi connectivity index (χ1n) is 7.59. The summed E-state index contributed by atoms with van der Waals surface area (Å²) in [6.45, 7) is 9.46. The fourth-order valence-electron chi connectivity index (χ4n) is 2.14. The van der Waals surface area contributed by atoms with E-state index in [1.54, 1.807) is 17.2 Å². The summed E-state index contributed by atoms with van der Waals surface area (Å²) in [5, 5.41) is 3.11. The van der Waals surface area contributed by atoms with Gasteiger partial charge in [0.1, 0.15) is 17.5 Å². The summed E-state index contributed by atoms with van der Waals surface area (Å²) in [5.41, 5.74) is -0.487. The average Bonchev–Trinajstić information content (AvgIpc) is 2.86. The lowest BCUT2D eigenvalue weighted by molar-refractivity contribution is 0.0274. The van der Waals surface area contributed by atoms with E-state index < -0.39 is 5.60 Å². The molecule has 1 aromatic heterocycles. The number of aromatic nitrogens is 2. The lowest BCUT2D eigenvalue weighted by atomic mass is 10.2. The molecule has 0 radical (unpaired) electrons. The van der Waals surface area contributed by atoms with Crippen molar-refractivity contribution in [3.05, 3.63) is 12.3 Å². The topological polar surface area (TPSA) is 76.6 Å². The van der Waals surface area contributed by atoms with Crippen molar-refractivity contribution in [2.45, 2.75) is 45.8 Å². The molecule has 2 rings (SSSR count). The highest BCUT2D eigenvalue weighted by Crippen LogP contribution is 2.19. The highest BCUT2D eigenvalue weighted by atomic mass is 16.6. The zero-order valence-corrected chi connectivity index (χ0v) is 13.6. The van der Waals surface area contributed by atoms with Gasteiger partial charge in [0.2, 0.25) is 0 Å². The number of rotatable bonds is 4. The molecule has 1 aromatic rings. The molecule has 1 aliphatic heterocycles. The second-order valence-electron chi connectivity index (χ2n) is 6.21. The Bertz CT molecular complexity index is 516. The van der Waals surface area contributed by atoms with E-state index in [9.17, 15) is 4.79 Å². The molecule has 0 aliphatic carbocycles. The molecule has 22 heavy (non-hydrogen) atoms. The lowest BCUT2D eigenvalue weighted by Gasteiger charge is -2.24. The maximum Gasteiger partial charge on any atom is 0.410 e. The molecule has 0 aromatic carbocycles. The van der Waals surface area contributed by atoms with Gasteiger partial charge in [0.05, 0.1) is 6.54 Å². The standard InChI is InChI=1S/C15H24N4O3/c1-5-16-12-6-8-17-13(18-12)21-11-7-9-19(10-11)14(20)22-15(2,3)4/h6,8,11H,5,7,9-10H2,1-4H3,(H,16,17,18). The summed E-state index contributed by atoms with van der Waals surface area (Å²) in [6.07, 6.45) is 1.99. The molecule has 1 unspecified atom stereocenters. The molecule has 1 fully saturated rings. The Morgan fingerprint density at radius 3 is 2.95 bits per heavy atom. The minimum atomic E-state index is -0.487. The molecule has 0 saturated carbocycles. The Hall–Kier alpha value is -2.05. The largest absolute Gasteiger partial charge is 0.458 e. The summed E-state index contributed by atoms with van der Waals surface area (Å²) in [7, 11) is 0. The highest BCUT2D eigenvalue weighted by molar-refractivity contribution is 5.68. The summed E-state index contributed by atoms with van der Waals surface area (Å²) >= 11 is 0. The minimum Gasteiger partial charge on any atom is -0.458 e. The monoisotopic (exact) mass is 308 g/mol. The minimum absolute atomic E-state index is 0.107. The predicted molar refractivity (Wildman–Crippen MR) is 83.0 cm³/mol. The molecule has 0 bridgehead atoms. The van der Waals surface area contributed by atoms with E-state index in [0.29, 0.717) is 19.1 Å². The van der Waals surface area contributed by atoms with Gasteiger partial charge in [-0.15, -0.1) is 0 Å². The number of carbonyl (C=O) groups is 1. The van der Waals surface area contributed by atoms with Crippen LogP contribution in [0, 0.1) is 0 Å². The number of carbonyl (C=O) groups excluding carboxylic acids is 1. The number of anilines is 1. The van der Waals surface area contributed by atoms with Crippen molar-refractivity contribution < 1.29 is 14.3 Å². The van der Waals surface area contributed by atoms with Crippen molar-refractivity contribution in [3.8, 4) is 6.01 Å². The Balaban J connectivity index is 1.88. The second kappa shape index (κ2) is 6.81. The van der Waals surface area contributed by atoms with Crippen molar-refractivity contribution in [3.63, 3.8) is 0 Å². The zero-order chi connectivity index (χ0) is 16.2. The van der Waals surface area contributed by atoms with Gasteiger partial charge >= 0.3 is 12.1 Å². The van der Waals surface area contributed by atoms with Crippen LogP contribution in [0.3, 0.4) is 0 Å². The van der Waals surface area contributed by atoms with Gasteiger partial charge in [-0.25, -0.2) is 9.78 Å². The third-order valence-corrected chi connectivity index (χ3v) is 3.06. The molecule has 1 N–H and O–H groups in total. The van der Waals surface area contributed by atoms with Crippen LogP contribution >= 0.6 is 0 Å². The molecular weight excluding hydrogens is 284 g/mol. The Labute approximate surface area is 131 Å². The number of hydrogen-bond acceptors (Lipinski definition) is 6. The smallest absolute Gasteiger partial charge is 0.410 e. The number of ether oxygens (including phenoxy) is 2. The van der Waals surface area contributed by atoms with E-state index in [0.717, 1.165) is 18.8 Å². The van der Waals surface area contributed by atoms with Crippen molar-refractivity contribution in [1.82, 2.24) is 14.9 Å². The van der Waals surface area contributed by atoms with Gasteiger partial charge in [0.25, 0.3) is 0 Å². The lowest BCUT2D eigenvalue weighted by Crippen LogP contribution is -2.36. The highest BCUT2D eigenvalue weighted by Gasteiger charge is 2.31. The van der Waals surface area contributed by atoms with Gasteiger partial charge in [-0.1, -0.05) is 0 Å². The van der Waals surface area contributed by atoms with Crippen LogP contribution in [-0.4, -0.2) is 52.3 Å². The Morgan fingerprint density at radius 1 is 1.50 bits per heavy atom. The Morgan fingerprint density at radius 2 is 2.27 bits per heavy atom. The van der Waals surface area contributed by atoms with E-state index in [1.807, 2.05) is 27.7 Å². The predicted octanol–water partition coefficient (Wildman–Crippen LogP) is 2.30. The molecule has 1 amide bonds. The van der Waals surface area contributed by atoms with Crippen molar-refractivity contribution in [2.24, 2.45) is 0 Å². The number of likely N-dealkylation sites (tertiary alicyclic amines) is 1. The van der Waals surface area contributed by atoms with Gasteiger partial charge < -0.3 is 19.7 Å². The van der Waals surface area contributed by atoms with Crippen molar-refractivity contribution in [2.75, 3.05) is 25.0 Å². The number of amides is 1. The van der Waals surface area contributed by atoms with Crippen LogP contribution in [0.2, 0.25) is 0 Å². The molecule has 1 aliphatic rings. The molecule has 2 heterocycles. The normalized spacial score (nSPS) is 18.2. The maximum absolute atomic E-state index is 12.0. The van der Waals surface area contributed by atoms with Crippen LogP contribution in [0.4, 0.5) is 10.6 Å². The van der Waals surface area contributed by atoms with Gasteiger partial charge in [0, 0.05) is 25.7 Å². The van der Waals surface area contributed by atoms with Crippen LogP contribution < -0.4 is 10.1 Å². The summed E-state index contributed by atoms with van der Waals surface area (Å²) in [6, 6.07) is 2.12. The van der Waals surface area contributed by atoms with Gasteiger partial charge in [-0.3, -0.25) is 0 Å². The summed E-state index contributed by atoms with van der Waals surface area (Å²) in [4.78, 5) is 22.0.